The fourth-order valence-electron chi connectivity index (χ4n) is 2.32. The molecular formula is C17H10ClFO4. The van der Waals surface area contributed by atoms with E-state index >= 15 is 0 Å². The number of esters is 1. The van der Waals surface area contributed by atoms with E-state index in [0.29, 0.717) is 16.1 Å². The van der Waals surface area contributed by atoms with Crippen molar-refractivity contribution >= 4 is 29.1 Å². The summed E-state index contributed by atoms with van der Waals surface area (Å²) < 4.78 is 18.1. The molecule has 0 amide bonds. The van der Waals surface area contributed by atoms with Gasteiger partial charge in [-0.05, 0) is 42.0 Å². The smallest absolute Gasteiger partial charge is 0.380 e. The van der Waals surface area contributed by atoms with E-state index in [2.05, 4.69) is 0 Å². The van der Waals surface area contributed by atoms with E-state index in [1.165, 1.54) is 36.4 Å². The maximum Gasteiger partial charge on any atom is 0.380 e. The molecule has 1 atom stereocenters. The van der Waals surface area contributed by atoms with Crippen molar-refractivity contribution in [2.24, 2.45) is 0 Å². The third kappa shape index (κ3) is 2.83. The van der Waals surface area contributed by atoms with Gasteiger partial charge in [0.05, 0.1) is 5.57 Å². The van der Waals surface area contributed by atoms with Gasteiger partial charge in [-0.3, -0.25) is 4.79 Å². The number of aliphatic hydroxyl groups excluding tert-OH is 1. The van der Waals surface area contributed by atoms with Gasteiger partial charge in [-0.25, -0.2) is 9.18 Å². The van der Waals surface area contributed by atoms with Crippen LogP contribution < -0.4 is 0 Å². The zero-order chi connectivity index (χ0) is 16.6. The van der Waals surface area contributed by atoms with Gasteiger partial charge in [0.25, 0.3) is 5.78 Å². The van der Waals surface area contributed by atoms with Gasteiger partial charge < -0.3 is 9.84 Å². The van der Waals surface area contributed by atoms with Gasteiger partial charge in [-0.2, -0.15) is 0 Å². The number of aliphatic hydroxyl groups is 1. The summed E-state index contributed by atoms with van der Waals surface area (Å²) in [5.41, 5.74) is 0.535. The summed E-state index contributed by atoms with van der Waals surface area (Å²) >= 11 is 5.79. The van der Waals surface area contributed by atoms with Crippen LogP contribution in [0.5, 0.6) is 0 Å². The summed E-state index contributed by atoms with van der Waals surface area (Å²) in [6.07, 6.45) is -1.08. The van der Waals surface area contributed by atoms with Gasteiger partial charge >= 0.3 is 5.97 Å². The van der Waals surface area contributed by atoms with Crippen LogP contribution in [0.1, 0.15) is 17.2 Å². The highest BCUT2D eigenvalue weighted by atomic mass is 35.5. The second-order valence-corrected chi connectivity index (χ2v) is 5.37. The molecule has 0 aliphatic carbocycles. The number of benzene rings is 2. The minimum absolute atomic E-state index is 0.177. The molecule has 2 aromatic rings. The number of rotatable bonds is 2. The van der Waals surface area contributed by atoms with Gasteiger partial charge in [-0.1, -0.05) is 23.7 Å². The fourth-order valence-corrected chi connectivity index (χ4v) is 2.44. The third-order valence-corrected chi connectivity index (χ3v) is 3.71. The van der Waals surface area contributed by atoms with Crippen LogP contribution in [-0.4, -0.2) is 16.9 Å². The van der Waals surface area contributed by atoms with Crippen molar-refractivity contribution in [3.05, 3.63) is 76.1 Å². The zero-order valence-electron chi connectivity index (χ0n) is 11.6. The number of ketones is 1. The average Bonchev–Trinajstić information content (AvgIpc) is 2.84. The Morgan fingerprint density at radius 1 is 1.04 bits per heavy atom. The molecule has 116 valence electrons. The summed E-state index contributed by atoms with van der Waals surface area (Å²) in [4.78, 5) is 23.7. The average molecular weight is 333 g/mol. The summed E-state index contributed by atoms with van der Waals surface area (Å²) in [5, 5.41) is 10.9. The second kappa shape index (κ2) is 5.85. The molecule has 0 saturated carbocycles. The largest absolute Gasteiger partial charge is 0.507 e. The van der Waals surface area contributed by atoms with Crippen LogP contribution >= 0.6 is 11.6 Å². The highest BCUT2D eigenvalue weighted by Crippen LogP contribution is 2.37. The first-order valence-electron chi connectivity index (χ1n) is 6.67. The number of carbonyl (C=O) groups is 2. The Morgan fingerprint density at radius 2 is 1.65 bits per heavy atom. The summed E-state index contributed by atoms with van der Waals surface area (Å²) in [7, 11) is 0. The van der Waals surface area contributed by atoms with Crippen molar-refractivity contribution in [3.8, 4) is 0 Å². The number of halogens is 2. The van der Waals surface area contributed by atoms with E-state index in [0.717, 1.165) is 0 Å². The van der Waals surface area contributed by atoms with E-state index in [-0.39, 0.29) is 11.3 Å². The van der Waals surface area contributed by atoms with Crippen LogP contribution in [0.25, 0.3) is 5.76 Å². The lowest BCUT2D eigenvalue weighted by atomic mass is 9.97. The number of hydrogen-bond acceptors (Lipinski definition) is 4. The van der Waals surface area contributed by atoms with Crippen LogP contribution in [-0.2, 0) is 14.3 Å². The second-order valence-electron chi connectivity index (χ2n) is 4.94. The van der Waals surface area contributed by atoms with Crippen LogP contribution in [0.3, 0.4) is 0 Å². The monoisotopic (exact) mass is 332 g/mol. The number of Topliss-reactive ketones (excluding diaryl/α,β-unsaturated/α-hetero) is 1. The molecule has 1 heterocycles. The van der Waals surface area contributed by atoms with Crippen molar-refractivity contribution in [2.75, 3.05) is 0 Å². The number of ether oxygens (including phenoxy) is 1. The quantitative estimate of drug-likeness (QED) is 0.395. The first-order chi connectivity index (χ1) is 11.0. The highest BCUT2D eigenvalue weighted by molar-refractivity contribution is 6.44. The van der Waals surface area contributed by atoms with Gasteiger partial charge in [0.15, 0.2) is 6.10 Å². The molecule has 0 bridgehead atoms. The molecule has 0 aromatic heterocycles. The SMILES string of the molecule is O=C1OC(c2ccc(F)cc2)C(=C(O)c2ccc(Cl)cc2)C1=O. The Balaban J connectivity index is 2.10. The van der Waals surface area contributed by atoms with Crippen molar-refractivity contribution in [3.63, 3.8) is 0 Å². The number of hydrogen-bond donors (Lipinski definition) is 1. The Kier molecular flexibility index (Phi) is 3.88. The van der Waals surface area contributed by atoms with Gasteiger partial charge in [0.1, 0.15) is 11.6 Å². The van der Waals surface area contributed by atoms with E-state index in [9.17, 15) is 19.1 Å². The lowest BCUT2D eigenvalue weighted by molar-refractivity contribution is -0.149. The minimum Gasteiger partial charge on any atom is -0.507 e. The van der Waals surface area contributed by atoms with Crippen molar-refractivity contribution in [1.82, 2.24) is 0 Å². The molecule has 1 N–H and O–H groups in total. The summed E-state index contributed by atoms with van der Waals surface area (Å²) in [5.74, 6) is -2.81. The van der Waals surface area contributed by atoms with Crippen molar-refractivity contribution < 1.29 is 23.8 Å². The van der Waals surface area contributed by atoms with E-state index in [4.69, 9.17) is 16.3 Å². The van der Waals surface area contributed by atoms with Crippen LogP contribution in [0, 0.1) is 5.82 Å². The fraction of sp³-hybridized carbons (Fsp3) is 0.0588. The summed E-state index contributed by atoms with van der Waals surface area (Å²) in [6, 6.07) is 11.3. The van der Waals surface area contributed by atoms with E-state index in [1.807, 2.05) is 0 Å². The van der Waals surface area contributed by atoms with Gasteiger partial charge in [-0.15, -0.1) is 0 Å². The lowest BCUT2D eigenvalue weighted by Gasteiger charge is -2.12. The maximum absolute atomic E-state index is 13.0. The molecule has 2 aromatic carbocycles. The Bertz CT molecular complexity index is 809. The molecule has 1 aliphatic heterocycles. The number of carbonyl (C=O) groups excluding carboxylic acids is 2. The van der Waals surface area contributed by atoms with Crippen molar-refractivity contribution in [2.45, 2.75) is 6.10 Å². The van der Waals surface area contributed by atoms with Gasteiger partial charge in [0.2, 0.25) is 0 Å². The molecule has 1 fully saturated rings. The van der Waals surface area contributed by atoms with Crippen LogP contribution in [0.15, 0.2) is 54.1 Å². The van der Waals surface area contributed by atoms with Crippen LogP contribution in [0.2, 0.25) is 5.02 Å². The van der Waals surface area contributed by atoms with E-state index < -0.39 is 23.7 Å². The third-order valence-electron chi connectivity index (χ3n) is 3.46. The molecule has 3 rings (SSSR count). The molecule has 0 radical (unpaired) electrons. The predicted molar refractivity (Wildman–Crippen MR) is 81.2 cm³/mol. The lowest BCUT2D eigenvalue weighted by Crippen LogP contribution is -2.08. The first-order valence-corrected chi connectivity index (χ1v) is 7.05. The molecule has 1 aliphatic rings. The molecule has 1 saturated heterocycles. The molecule has 23 heavy (non-hydrogen) atoms. The van der Waals surface area contributed by atoms with Gasteiger partial charge in [0, 0.05) is 10.6 Å². The standard InChI is InChI=1S/C17H10ClFO4/c18-11-5-1-9(2-6-11)14(20)13-15(21)17(22)23-16(13)10-3-7-12(19)8-4-10/h1-8,16,20H. The topological polar surface area (TPSA) is 63.6 Å². The molecule has 4 nitrogen and oxygen atoms in total. The molecule has 0 spiro atoms. The summed E-state index contributed by atoms with van der Waals surface area (Å²) in [6.45, 7) is 0. The predicted octanol–water partition coefficient (Wildman–Crippen LogP) is 3.62. The molecule has 6 heteroatoms. The molecule has 1 unspecified atom stereocenters. The van der Waals surface area contributed by atoms with Crippen molar-refractivity contribution in [1.29, 1.82) is 0 Å². The maximum atomic E-state index is 13.0. The van der Waals surface area contributed by atoms with Crippen LogP contribution in [0.4, 0.5) is 4.39 Å². The Hall–Kier alpha value is -2.66. The minimum atomic E-state index is -1.08. The first kappa shape index (κ1) is 15.2. The Labute approximate surface area is 135 Å². The Morgan fingerprint density at radius 3 is 2.26 bits per heavy atom. The zero-order valence-corrected chi connectivity index (χ0v) is 12.4. The normalized spacial score (nSPS) is 19.7. The van der Waals surface area contributed by atoms with E-state index in [1.54, 1.807) is 12.1 Å². The molecular weight excluding hydrogens is 323 g/mol. The number of cyclic esters (lactones) is 1. The highest BCUT2D eigenvalue weighted by Gasteiger charge is 2.42.